The van der Waals surface area contributed by atoms with Crippen LogP contribution in [0.25, 0.3) is 0 Å². The van der Waals surface area contributed by atoms with Crippen molar-refractivity contribution >= 4 is 5.71 Å². The van der Waals surface area contributed by atoms with E-state index in [2.05, 4.69) is 10.1 Å². The summed E-state index contributed by atoms with van der Waals surface area (Å²) in [5, 5.41) is 12.3. The van der Waals surface area contributed by atoms with Crippen molar-refractivity contribution in [2.24, 2.45) is 11.1 Å². The van der Waals surface area contributed by atoms with Crippen LogP contribution in [0.2, 0.25) is 0 Å². The number of piperidine rings is 1. The van der Waals surface area contributed by atoms with Gasteiger partial charge < -0.3 is 5.21 Å². The average molecular weight is 300 g/mol. The van der Waals surface area contributed by atoms with Crippen LogP contribution in [0.1, 0.15) is 30.9 Å². The Bertz CT molecular complexity index is 514. The minimum atomic E-state index is -4.30. The second-order valence-electron chi connectivity index (χ2n) is 5.38. The first kappa shape index (κ1) is 15.8. The topological polar surface area (TPSA) is 35.8 Å². The van der Waals surface area contributed by atoms with Gasteiger partial charge in [-0.3, -0.25) is 4.90 Å². The Hall–Kier alpha value is -1.56. The number of hydrogen-bond donors (Lipinski definition) is 1. The molecule has 0 saturated carbocycles. The number of alkyl halides is 3. The summed E-state index contributed by atoms with van der Waals surface area (Å²) in [5.74, 6) is 0.176. The number of halogens is 3. The molecule has 0 aromatic heterocycles. The van der Waals surface area contributed by atoms with E-state index in [0.29, 0.717) is 31.6 Å². The Kier molecular flexibility index (Phi) is 4.88. The van der Waals surface area contributed by atoms with Gasteiger partial charge in [0.15, 0.2) is 0 Å². The fraction of sp³-hybridized carbons (Fsp3) is 0.533. The van der Waals surface area contributed by atoms with E-state index >= 15 is 0 Å². The number of benzene rings is 1. The molecule has 1 fully saturated rings. The van der Waals surface area contributed by atoms with E-state index in [1.165, 1.54) is 12.1 Å². The standard InChI is InChI=1S/C15H19F3N2O/c1-2-12-10-20(7-6-14(12)19-21)9-11-4-3-5-13(8-11)15(16,17)18/h3-5,8,12,21H,2,6-7,9-10H2,1H3/b19-14+. The van der Waals surface area contributed by atoms with Gasteiger partial charge in [-0.25, -0.2) is 0 Å². The lowest BCUT2D eigenvalue weighted by Gasteiger charge is -2.32. The Labute approximate surface area is 122 Å². The van der Waals surface area contributed by atoms with Crippen molar-refractivity contribution in [3.8, 4) is 0 Å². The van der Waals surface area contributed by atoms with Crippen molar-refractivity contribution in [2.75, 3.05) is 13.1 Å². The summed E-state index contributed by atoms with van der Waals surface area (Å²) in [4.78, 5) is 2.11. The smallest absolute Gasteiger partial charge is 0.411 e. The maximum atomic E-state index is 12.7. The second-order valence-corrected chi connectivity index (χ2v) is 5.38. The van der Waals surface area contributed by atoms with Gasteiger partial charge in [0.05, 0.1) is 11.3 Å². The zero-order valence-corrected chi connectivity index (χ0v) is 11.9. The predicted octanol–water partition coefficient (Wildman–Crippen LogP) is 3.77. The summed E-state index contributed by atoms with van der Waals surface area (Å²) in [7, 11) is 0. The van der Waals surface area contributed by atoms with Crippen LogP contribution in [0.4, 0.5) is 13.2 Å². The lowest BCUT2D eigenvalue weighted by Crippen LogP contribution is -2.40. The van der Waals surface area contributed by atoms with Crippen LogP contribution >= 0.6 is 0 Å². The van der Waals surface area contributed by atoms with Crippen molar-refractivity contribution in [2.45, 2.75) is 32.5 Å². The monoisotopic (exact) mass is 300 g/mol. The fourth-order valence-corrected chi connectivity index (χ4v) is 2.73. The lowest BCUT2D eigenvalue weighted by atomic mass is 9.93. The third kappa shape index (κ3) is 3.97. The molecule has 1 N–H and O–H groups in total. The molecule has 0 spiro atoms. The third-order valence-electron chi connectivity index (χ3n) is 3.92. The quantitative estimate of drug-likeness (QED) is 0.681. The van der Waals surface area contributed by atoms with Gasteiger partial charge >= 0.3 is 6.18 Å². The molecule has 116 valence electrons. The molecule has 1 atom stereocenters. The zero-order chi connectivity index (χ0) is 15.5. The minimum absolute atomic E-state index is 0.176. The van der Waals surface area contributed by atoms with Crippen LogP contribution in [0.15, 0.2) is 29.4 Å². The molecule has 2 rings (SSSR count). The van der Waals surface area contributed by atoms with Gasteiger partial charge in [0.2, 0.25) is 0 Å². The number of rotatable bonds is 3. The lowest BCUT2D eigenvalue weighted by molar-refractivity contribution is -0.137. The van der Waals surface area contributed by atoms with Gasteiger partial charge in [-0.1, -0.05) is 30.3 Å². The number of nitrogens with zero attached hydrogens (tertiary/aromatic N) is 2. The molecule has 0 amide bonds. The Morgan fingerprint density at radius 3 is 2.76 bits per heavy atom. The summed E-state index contributed by atoms with van der Waals surface area (Å²) < 4.78 is 38.1. The highest BCUT2D eigenvalue weighted by Crippen LogP contribution is 2.30. The van der Waals surface area contributed by atoms with Crippen LogP contribution in [-0.4, -0.2) is 28.9 Å². The highest BCUT2D eigenvalue weighted by Gasteiger charge is 2.31. The molecule has 1 aliphatic rings. The van der Waals surface area contributed by atoms with E-state index in [1.807, 2.05) is 6.92 Å². The average Bonchev–Trinajstić information content (AvgIpc) is 2.46. The van der Waals surface area contributed by atoms with Crippen LogP contribution in [-0.2, 0) is 12.7 Å². The highest BCUT2D eigenvalue weighted by molar-refractivity contribution is 5.87. The molecule has 1 aromatic carbocycles. The first-order valence-corrected chi connectivity index (χ1v) is 7.03. The van der Waals surface area contributed by atoms with Gasteiger partial charge in [-0.15, -0.1) is 0 Å². The molecular weight excluding hydrogens is 281 g/mol. The third-order valence-corrected chi connectivity index (χ3v) is 3.92. The van der Waals surface area contributed by atoms with E-state index in [0.717, 1.165) is 18.2 Å². The molecule has 1 unspecified atom stereocenters. The molecule has 3 nitrogen and oxygen atoms in total. The Morgan fingerprint density at radius 1 is 1.38 bits per heavy atom. The van der Waals surface area contributed by atoms with E-state index < -0.39 is 11.7 Å². The molecule has 1 aliphatic heterocycles. The summed E-state index contributed by atoms with van der Waals surface area (Å²) in [6, 6.07) is 5.45. The van der Waals surface area contributed by atoms with Crippen molar-refractivity contribution in [1.82, 2.24) is 4.90 Å². The highest BCUT2D eigenvalue weighted by atomic mass is 19.4. The maximum absolute atomic E-state index is 12.7. The largest absolute Gasteiger partial charge is 0.416 e. The van der Waals surface area contributed by atoms with E-state index in [9.17, 15) is 13.2 Å². The fourth-order valence-electron chi connectivity index (χ4n) is 2.73. The predicted molar refractivity (Wildman–Crippen MR) is 74.3 cm³/mol. The Balaban J connectivity index is 2.06. The van der Waals surface area contributed by atoms with Crippen LogP contribution in [0.5, 0.6) is 0 Å². The van der Waals surface area contributed by atoms with Crippen molar-refractivity contribution in [3.05, 3.63) is 35.4 Å². The van der Waals surface area contributed by atoms with E-state index in [1.54, 1.807) is 6.07 Å². The summed E-state index contributed by atoms with van der Waals surface area (Å²) in [6.07, 6.45) is -2.78. The number of hydrogen-bond acceptors (Lipinski definition) is 3. The van der Waals surface area contributed by atoms with E-state index in [-0.39, 0.29) is 5.92 Å². The summed E-state index contributed by atoms with van der Waals surface area (Å²) in [6.45, 7) is 3.92. The molecule has 0 bridgehead atoms. The van der Waals surface area contributed by atoms with Gasteiger partial charge in [-0.2, -0.15) is 13.2 Å². The van der Waals surface area contributed by atoms with Gasteiger partial charge in [-0.05, 0) is 18.1 Å². The molecule has 0 aliphatic carbocycles. The molecule has 0 radical (unpaired) electrons. The molecule has 1 heterocycles. The van der Waals surface area contributed by atoms with Crippen molar-refractivity contribution < 1.29 is 18.4 Å². The molecule has 1 aromatic rings. The summed E-state index contributed by atoms with van der Waals surface area (Å²) >= 11 is 0. The Morgan fingerprint density at radius 2 is 2.14 bits per heavy atom. The van der Waals surface area contributed by atoms with Crippen LogP contribution in [0.3, 0.4) is 0 Å². The van der Waals surface area contributed by atoms with Crippen molar-refractivity contribution in [1.29, 1.82) is 0 Å². The molecule has 6 heteroatoms. The van der Waals surface area contributed by atoms with Crippen LogP contribution in [0, 0.1) is 5.92 Å². The van der Waals surface area contributed by atoms with Gasteiger partial charge in [0, 0.05) is 32.0 Å². The first-order chi connectivity index (χ1) is 9.94. The number of likely N-dealkylation sites (tertiary alicyclic amines) is 1. The SMILES string of the molecule is CCC1CN(Cc2cccc(C(F)(F)F)c2)CC/C1=N\O. The van der Waals surface area contributed by atoms with E-state index in [4.69, 9.17) is 5.21 Å². The second kappa shape index (κ2) is 6.47. The normalized spacial score (nSPS) is 22.7. The molecular formula is C15H19F3N2O. The van der Waals surface area contributed by atoms with Crippen LogP contribution < -0.4 is 0 Å². The van der Waals surface area contributed by atoms with Crippen molar-refractivity contribution in [3.63, 3.8) is 0 Å². The minimum Gasteiger partial charge on any atom is -0.411 e. The molecule has 1 saturated heterocycles. The maximum Gasteiger partial charge on any atom is 0.416 e. The number of oxime groups is 1. The first-order valence-electron chi connectivity index (χ1n) is 7.03. The summed E-state index contributed by atoms with van der Waals surface area (Å²) in [5.41, 5.74) is 0.837. The zero-order valence-electron chi connectivity index (χ0n) is 11.9. The molecule has 21 heavy (non-hydrogen) atoms. The van der Waals surface area contributed by atoms with Gasteiger partial charge in [0.25, 0.3) is 0 Å². The van der Waals surface area contributed by atoms with Gasteiger partial charge in [0.1, 0.15) is 0 Å².